The van der Waals surface area contributed by atoms with Crippen molar-refractivity contribution in [2.75, 3.05) is 13.1 Å². The summed E-state index contributed by atoms with van der Waals surface area (Å²) in [5.41, 5.74) is 5.53. The molecule has 1 rings (SSSR count). The molecule has 13 heavy (non-hydrogen) atoms. The fraction of sp³-hybridized carbons (Fsp3) is 0.889. The average molecular weight is 186 g/mol. The van der Waals surface area contributed by atoms with Gasteiger partial charge < -0.3 is 15.4 Å². The third-order valence-corrected chi connectivity index (χ3v) is 2.12. The van der Waals surface area contributed by atoms with Gasteiger partial charge in [-0.3, -0.25) is 4.79 Å². The first-order valence-electron chi connectivity index (χ1n) is 4.70. The Kier molecular flexibility index (Phi) is 3.27. The molecule has 0 bridgehead atoms. The van der Waals surface area contributed by atoms with Crippen molar-refractivity contribution in [3.63, 3.8) is 0 Å². The van der Waals surface area contributed by atoms with Gasteiger partial charge in [0.05, 0.1) is 18.2 Å². The van der Waals surface area contributed by atoms with E-state index >= 15 is 0 Å². The van der Waals surface area contributed by atoms with Gasteiger partial charge in [0.2, 0.25) is 5.91 Å². The molecule has 3 atom stereocenters. The quantitative estimate of drug-likeness (QED) is 0.625. The summed E-state index contributed by atoms with van der Waals surface area (Å²) >= 11 is 0. The maximum absolute atomic E-state index is 11.5. The molecule has 0 aliphatic carbocycles. The minimum Gasteiger partial charge on any atom is -0.372 e. The number of hydrogen-bond donors (Lipinski definition) is 1. The van der Waals surface area contributed by atoms with E-state index in [1.165, 1.54) is 0 Å². The van der Waals surface area contributed by atoms with Crippen LogP contribution < -0.4 is 5.73 Å². The van der Waals surface area contributed by atoms with Crippen LogP contribution in [0.4, 0.5) is 0 Å². The molecule has 2 N–H and O–H groups in total. The first kappa shape index (κ1) is 10.5. The molecule has 1 saturated heterocycles. The summed E-state index contributed by atoms with van der Waals surface area (Å²) in [7, 11) is 0. The van der Waals surface area contributed by atoms with E-state index in [4.69, 9.17) is 10.5 Å². The molecule has 1 aliphatic rings. The van der Waals surface area contributed by atoms with Crippen LogP contribution in [0.3, 0.4) is 0 Å². The molecule has 0 radical (unpaired) electrons. The molecule has 0 aromatic rings. The van der Waals surface area contributed by atoms with Gasteiger partial charge >= 0.3 is 0 Å². The van der Waals surface area contributed by atoms with Crippen LogP contribution in [-0.4, -0.2) is 42.1 Å². The van der Waals surface area contributed by atoms with E-state index in [9.17, 15) is 4.79 Å². The fourth-order valence-electron chi connectivity index (χ4n) is 1.65. The lowest BCUT2D eigenvalue weighted by atomic mass is 10.2. The van der Waals surface area contributed by atoms with Crippen LogP contribution in [0.15, 0.2) is 0 Å². The molecule has 1 heterocycles. The maximum atomic E-state index is 11.5. The Hall–Kier alpha value is -0.610. The summed E-state index contributed by atoms with van der Waals surface area (Å²) in [5, 5.41) is 0. The second kappa shape index (κ2) is 4.07. The van der Waals surface area contributed by atoms with E-state index in [1.807, 2.05) is 13.8 Å². The van der Waals surface area contributed by atoms with Gasteiger partial charge in [-0.05, 0) is 20.8 Å². The van der Waals surface area contributed by atoms with Gasteiger partial charge in [0.15, 0.2) is 0 Å². The van der Waals surface area contributed by atoms with Crippen molar-refractivity contribution in [2.24, 2.45) is 5.73 Å². The zero-order chi connectivity index (χ0) is 10.0. The molecule has 4 heteroatoms. The van der Waals surface area contributed by atoms with Crippen LogP contribution in [0.5, 0.6) is 0 Å². The molecule has 2 unspecified atom stereocenters. The summed E-state index contributed by atoms with van der Waals surface area (Å²) in [5.74, 6) is 0.0157. The summed E-state index contributed by atoms with van der Waals surface area (Å²) in [6.07, 6.45) is 0.234. The number of carbonyl (C=O) groups excluding carboxylic acids is 1. The number of carbonyl (C=O) groups is 1. The van der Waals surface area contributed by atoms with Crippen LogP contribution in [0.2, 0.25) is 0 Å². The molecule has 1 aliphatic heterocycles. The van der Waals surface area contributed by atoms with E-state index in [-0.39, 0.29) is 18.1 Å². The maximum Gasteiger partial charge on any atom is 0.239 e. The number of morpholine rings is 1. The van der Waals surface area contributed by atoms with Crippen molar-refractivity contribution >= 4 is 5.91 Å². The highest BCUT2D eigenvalue weighted by molar-refractivity contribution is 5.81. The Labute approximate surface area is 79.0 Å². The molecule has 0 saturated carbocycles. The zero-order valence-corrected chi connectivity index (χ0v) is 8.49. The highest BCUT2D eigenvalue weighted by Crippen LogP contribution is 2.11. The number of nitrogens with zero attached hydrogens (tertiary/aromatic N) is 1. The molecular formula is C9H18N2O2. The summed E-state index contributed by atoms with van der Waals surface area (Å²) in [6.45, 7) is 6.97. The second-order valence-electron chi connectivity index (χ2n) is 3.79. The number of ether oxygens (including phenoxy) is 1. The Morgan fingerprint density at radius 1 is 1.46 bits per heavy atom. The number of hydrogen-bond acceptors (Lipinski definition) is 3. The van der Waals surface area contributed by atoms with Crippen molar-refractivity contribution in [2.45, 2.75) is 39.0 Å². The Bertz CT molecular complexity index is 184. The summed E-state index contributed by atoms with van der Waals surface area (Å²) in [6, 6.07) is -0.405. The van der Waals surface area contributed by atoms with Crippen LogP contribution in [0.25, 0.3) is 0 Å². The predicted octanol–water partition coefficient (Wildman–Crippen LogP) is -0.0306. The lowest BCUT2D eigenvalue weighted by Crippen LogP contribution is -2.52. The number of rotatable bonds is 1. The first-order valence-corrected chi connectivity index (χ1v) is 4.70. The third-order valence-electron chi connectivity index (χ3n) is 2.12. The number of nitrogens with two attached hydrogens (primary N) is 1. The standard InChI is InChI=1S/C9H18N2O2/c1-6-4-11(5-7(2)13-6)9(12)8(3)10/h6-8H,4-5,10H2,1-3H3/t6?,7?,8-/m1/s1. The molecule has 0 aromatic heterocycles. The van der Waals surface area contributed by atoms with E-state index in [0.29, 0.717) is 13.1 Å². The van der Waals surface area contributed by atoms with Crippen molar-refractivity contribution in [3.8, 4) is 0 Å². The van der Waals surface area contributed by atoms with E-state index in [1.54, 1.807) is 11.8 Å². The lowest BCUT2D eigenvalue weighted by molar-refractivity contribution is -0.144. The van der Waals surface area contributed by atoms with Gasteiger partial charge in [-0.1, -0.05) is 0 Å². The molecule has 0 spiro atoms. The molecule has 4 nitrogen and oxygen atoms in total. The van der Waals surface area contributed by atoms with E-state index in [0.717, 1.165) is 0 Å². The topological polar surface area (TPSA) is 55.6 Å². The Morgan fingerprint density at radius 3 is 2.31 bits per heavy atom. The third kappa shape index (κ3) is 2.67. The fourth-order valence-corrected chi connectivity index (χ4v) is 1.65. The summed E-state index contributed by atoms with van der Waals surface area (Å²) < 4.78 is 5.51. The largest absolute Gasteiger partial charge is 0.372 e. The van der Waals surface area contributed by atoms with Gasteiger partial charge in [-0.2, -0.15) is 0 Å². The highest BCUT2D eigenvalue weighted by atomic mass is 16.5. The molecule has 0 aromatic carbocycles. The van der Waals surface area contributed by atoms with E-state index < -0.39 is 6.04 Å². The first-order chi connectivity index (χ1) is 6.00. The van der Waals surface area contributed by atoms with Crippen LogP contribution in [-0.2, 0) is 9.53 Å². The monoisotopic (exact) mass is 186 g/mol. The van der Waals surface area contributed by atoms with Gasteiger partial charge in [0, 0.05) is 13.1 Å². The van der Waals surface area contributed by atoms with Crippen molar-refractivity contribution in [1.82, 2.24) is 4.90 Å². The summed E-state index contributed by atoms with van der Waals surface area (Å²) in [4.78, 5) is 13.3. The minimum atomic E-state index is -0.405. The zero-order valence-electron chi connectivity index (χ0n) is 8.49. The second-order valence-corrected chi connectivity index (χ2v) is 3.79. The predicted molar refractivity (Wildman–Crippen MR) is 50.2 cm³/mol. The number of amides is 1. The van der Waals surface area contributed by atoms with Crippen LogP contribution in [0, 0.1) is 0 Å². The van der Waals surface area contributed by atoms with E-state index in [2.05, 4.69) is 0 Å². The van der Waals surface area contributed by atoms with Gasteiger partial charge in [0.25, 0.3) is 0 Å². The van der Waals surface area contributed by atoms with Gasteiger partial charge in [-0.15, -0.1) is 0 Å². The van der Waals surface area contributed by atoms with Crippen molar-refractivity contribution < 1.29 is 9.53 Å². The highest BCUT2D eigenvalue weighted by Gasteiger charge is 2.27. The van der Waals surface area contributed by atoms with Gasteiger partial charge in [-0.25, -0.2) is 0 Å². The van der Waals surface area contributed by atoms with Crippen LogP contribution >= 0.6 is 0 Å². The van der Waals surface area contributed by atoms with Gasteiger partial charge in [0.1, 0.15) is 0 Å². The van der Waals surface area contributed by atoms with Crippen molar-refractivity contribution in [3.05, 3.63) is 0 Å². The van der Waals surface area contributed by atoms with Crippen molar-refractivity contribution in [1.29, 1.82) is 0 Å². The Balaban J connectivity index is 2.55. The normalized spacial score (nSPS) is 31.5. The molecule has 1 fully saturated rings. The average Bonchev–Trinajstić information content (AvgIpc) is 2.01. The minimum absolute atomic E-state index is 0.0157. The SMILES string of the molecule is CC1CN(C(=O)[C@@H](C)N)CC(C)O1. The molecule has 1 amide bonds. The smallest absolute Gasteiger partial charge is 0.239 e. The molecular weight excluding hydrogens is 168 g/mol. The lowest BCUT2D eigenvalue weighted by Gasteiger charge is -2.36. The Morgan fingerprint density at radius 2 is 1.92 bits per heavy atom. The van der Waals surface area contributed by atoms with Crippen LogP contribution in [0.1, 0.15) is 20.8 Å². The molecule has 76 valence electrons.